The van der Waals surface area contributed by atoms with Gasteiger partial charge >= 0.3 is 0 Å². The number of ether oxygens (including phenoxy) is 2. The lowest BCUT2D eigenvalue weighted by molar-refractivity contribution is 0.0219. The lowest BCUT2D eigenvalue weighted by Gasteiger charge is -2.08. The van der Waals surface area contributed by atoms with Crippen molar-refractivity contribution in [3.63, 3.8) is 0 Å². The minimum absolute atomic E-state index is 0.0573. The molecule has 0 bridgehead atoms. The number of hydrogen-bond acceptors (Lipinski definition) is 3. The van der Waals surface area contributed by atoms with Crippen LogP contribution in [0, 0.1) is 3.57 Å². The van der Waals surface area contributed by atoms with Gasteiger partial charge in [-0.1, -0.05) is 6.07 Å². The number of aliphatic hydroxyl groups excluding tert-OH is 1. The molecule has 0 atom stereocenters. The molecule has 0 saturated carbocycles. The van der Waals surface area contributed by atoms with Crippen LogP contribution in [-0.2, 0) is 11.3 Å². The Morgan fingerprint density at radius 3 is 2.79 bits per heavy atom. The Balaban J connectivity index is 2.59. The van der Waals surface area contributed by atoms with Gasteiger partial charge in [0.15, 0.2) is 6.79 Å². The van der Waals surface area contributed by atoms with Crippen molar-refractivity contribution in [1.29, 1.82) is 0 Å². The molecule has 0 spiro atoms. The quantitative estimate of drug-likeness (QED) is 0.515. The second-order valence-corrected chi connectivity index (χ2v) is 3.84. The Hall–Kier alpha value is -0.330. The first-order valence-corrected chi connectivity index (χ1v) is 5.45. The van der Waals surface area contributed by atoms with Crippen LogP contribution in [0.1, 0.15) is 12.5 Å². The van der Waals surface area contributed by atoms with Crippen LogP contribution in [0.4, 0.5) is 0 Å². The van der Waals surface area contributed by atoms with Gasteiger partial charge in [0.1, 0.15) is 5.75 Å². The third kappa shape index (κ3) is 3.43. The fraction of sp³-hybridized carbons (Fsp3) is 0.400. The van der Waals surface area contributed by atoms with Crippen molar-refractivity contribution in [2.45, 2.75) is 13.5 Å². The van der Waals surface area contributed by atoms with E-state index in [0.29, 0.717) is 6.61 Å². The molecule has 1 N–H and O–H groups in total. The molecule has 0 unspecified atom stereocenters. The summed E-state index contributed by atoms with van der Waals surface area (Å²) >= 11 is 2.17. The smallest absolute Gasteiger partial charge is 0.189 e. The number of rotatable bonds is 5. The van der Waals surface area contributed by atoms with E-state index in [1.54, 1.807) is 0 Å². The third-order valence-electron chi connectivity index (χ3n) is 1.68. The zero-order chi connectivity index (χ0) is 10.4. The van der Waals surface area contributed by atoms with E-state index in [-0.39, 0.29) is 13.4 Å². The summed E-state index contributed by atoms with van der Waals surface area (Å²) in [5, 5.41) is 8.90. The van der Waals surface area contributed by atoms with Crippen molar-refractivity contribution in [3.05, 3.63) is 27.3 Å². The van der Waals surface area contributed by atoms with Gasteiger partial charge in [-0.25, -0.2) is 0 Å². The molecule has 0 aliphatic carbocycles. The van der Waals surface area contributed by atoms with E-state index < -0.39 is 0 Å². The molecule has 0 amide bonds. The van der Waals surface area contributed by atoms with E-state index in [1.165, 1.54) is 0 Å². The van der Waals surface area contributed by atoms with Gasteiger partial charge in [-0.05, 0) is 47.2 Å². The zero-order valence-corrected chi connectivity index (χ0v) is 10.2. The maximum Gasteiger partial charge on any atom is 0.189 e. The van der Waals surface area contributed by atoms with Crippen LogP contribution < -0.4 is 4.74 Å². The van der Waals surface area contributed by atoms with Crippen LogP contribution in [0.3, 0.4) is 0 Å². The predicted molar refractivity (Wildman–Crippen MR) is 62.2 cm³/mol. The Bertz CT molecular complexity index is 289. The maximum absolute atomic E-state index is 8.90. The first-order chi connectivity index (χ1) is 6.77. The highest BCUT2D eigenvalue weighted by Crippen LogP contribution is 2.22. The molecule has 1 aromatic carbocycles. The zero-order valence-electron chi connectivity index (χ0n) is 8.00. The summed E-state index contributed by atoms with van der Waals surface area (Å²) in [7, 11) is 0. The normalized spacial score (nSPS) is 10.2. The van der Waals surface area contributed by atoms with Gasteiger partial charge in [0.2, 0.25) is 0 Å². The fourth-order valence-corrected chi connectivity index (χ4v) is 1.68. The van der Waals surface area contributed by atoms with E-state index >= 15 is 0 Å². The van der Waals surface area contributed by atoms with E-state index in [9.17, 15) is 0 Å². The second-order valence-electron chi connectivity index (χ2n) is 2.68. The van der Waals surface area contributed by atoms with E-state index in [4.69, 9.17) is 14.6 Å². The number of benzene rings is 1. The van der Waals surface area contributed by atoms with Crippen LogP contribution in [0.2, 0.25) is 0 Å². The van der Waals surface area contributed by atoms with Gasteiger partial charge in [0, 0.05) is 6.61 Å². The molecule has 14 heavy (non-hydrogen) atoms. The molecular formula is C10H13IO3. The summed E-state index contributed by atoms with van der Waals surface area (Å²) < 4.78 is 11.4. The van der Waals surface area contributed by atoms with Gasteiger partial charge in [-0.15, -0.1) is 0 Å². The topological polar surface area (TPSA) is 38.7 Å². The van der Waals surface area contributed by atoms with Crippen molar-refractivity contribution in [1.82, 2.24) is 0 Å². The molecule has 0 radical (unpaired) electrons. The van der Waals surface area contributed by atoms with E-state index in [1.807, 2.05) is 25.1 Å². The van der Waals surface area contributed by atoms with Crippen LogP contribution in [0.5, 0.6) is 5.75 Å². The SMILES string of the molecule is CCOCOc1ccc(CO)cc1I. The standard InChI is InChI=1S/C10H13IO3/c1-2-13-7-14-10-4-3-8(6-12)5-9(10)11/h3-5,12H,2,6-7H2,1H3. The lowest BCUT2D eigenvalue weighted by atomic mass is 10.2. The van der Waals surface area contributed by atoms with E-state index in [0.717, 1.165) is 14.9 Å². The molecule has 3 nitrogen and oxygen atoms in total. The molecule has 4 heteroatoms. The first-order valence-electron chi connectivity index (χ1n) is 4.37. The average Bonchev–Trinajstić information content (AvgIpc) is 2.20. The molecule has 0 aliphatic heterocycles. The summed E-state index contributed by atoms with van der Waals surface area (Å²) in [5.74, 6) is 0.788. The van der Waals surface area contributed by atoms with Gasteiger partial charge in [-0.2, -0.15) is 0 Å². The molecule has 1 rings (SSSR count). The number of aliphatic hydroxyl groups is 1. The highest BCUT2D eigenvalue weighted by molar-refractivity contribution is 14.1. The van der Waals surface area contributed by atoms with Crippen LogP contribution >= 0.6 is 22.6 Å². The Morgan fingerprint density at radius 1 is 1.43 bits per heavy atom. The van der Waals surface area contributed by atoms with Gasteiger partial charge < -0.3 is 14.6 Å². The monoisotopic (exact) mass is 308 g/mol. The summed E-state index contributed by atoms with van der Waals surface area (Å²) in [4.78, 5) is 0. The second kappa shape index (κ2) is 6.21. The summed E-state index contributed by atoms with van der Waals surface area (Å²) in [6, 6.07) is 5.57. The van der Waals surface area contributed by atoms with Gasteiger partial charge in [0.05, 0.1) is 10.2 Å². The minimum atomic E-state index is 0.0573. The first kappa shape index (κ1) is 11.7. The number of hydrogen-bond donors (Lipinski definition) is 1. The molecule has 78 valence electrons. The number of halogens is 1. The molecule has 0 fully saturated rings. The third-order valence-corrected chi connectivity index (χ3v) is 2.52. The van der Waals surface area contributed by atoms with Crippen LogP contribution in [0.15, 0.2) is 18.2 Å². The molecule has 1 aromatic rings. The van der Waals surface area contributed by atoms with Gasteiger partial charge in [0.25, 0.3) is 0 Å². The summed E-state index contributed by atoms with van der Waals surface area (Å²) in [5.41, 5.74) is 0.887. The van der Waals surface area contributed by atoms with Crippen molar-refractivity contribution < 1.29 is 14.6 Å². The van der Waals surface area contributed by atoms with Gasteiger partial charge in [-0.3, -0.25) is 0 Å². The maximum atomic E-state index is 8.90. The Kier molecular flexibility index (Phi) is 5.21. The highest BCUT2D eigenvalue weighted by atomic mass is 127. The molecule has 0 aromatic heterocycles. The predicted octanol–water partition coefficient (Wildman–Crippen LogP) is 2.16. The molecule has 0 aliphatic rings. The van der Waals surface area contributed by atoms with Crippen LogP contribution in [0.25, 0.3) is 0 Å². The highest BCUT2D eigenvalue weighted by Gasteiger charge is 2.01. The van der Waals surface area contributed by atoms with Crippen molar-refractivity contribution in [3.8, 4) is 5.75 Å². The van der Waals surface area contributed by atoms with E-state index in [2.05, 4.69) is 22.6 Å². The summed E-state index contributed by atoms with van der Waals surface area (Å²) in [6.45, 7) is 2.89. The fourth-order valence-electron chi connectivity index (χ4n) is 0.948. The largest absolute Gasteiger partial charge is 0.466 e. The molecule has 0 heterocycles. The van der Waals surface area contributed by atoms with Crippen LogP contribution in [-0.4, -0.2) is 18.5 Å². The lowest BCUT2D eigenvalue weighted by Crippen LogP contribution is -2.03. The molecular weight excluding hydrogens is 295 g/mol. The average molecular weight is 308 g/mol. The Labute approximate surface area is 97.2 Å². The van der Waals surface area contributed by atoms with Crippen molar-refractivity contribution in [2.75, 3.05) is 13.4 Å². The summed E-state index contributed by atoms with van der Waals surface area (Å²) in [6.07, 6.45) is 0. The Morgan fingerprint density at radius 2 is 2.21 bits per heavy atom. The van der Waals surface area contributed by atoms with Crippen molar-refractivity contribution >= 4 is 22.6 Å². The van der Waals surface area contributed by atoms with Crippen molar-refractivity contribution in [2.24, 2.45) is 0 Å². The minimum Gasteiger partial charge on any atom is -0.466 e. The molecule has 0 saturated heterocycles.